The molecule has 3 N–H and O–H groups in total. The van der Waals surface area contributed by atoms with Crippen molar-refractivity contribution in [2.24, 2.45) is 5.92 Å². The number of fused-ring (bicyclic) bond motifs is 2. The lowest BCUT2D eigenvalue weighted by Gasteiger charge is -2.23. The molecule has 230 valence electrons. The van der Waals surface area contributed by atoms with Gasteiger partial charge in [-0.3, -0.25) is 9.52 Å². The molecule has 2 aliphatic rings. The van der Waals surface area contributed by atoms with Gasteiger partial charge in [0.15, 0.2) is 5.82 Å². The summed E-state index contributed by atoms with van der Waals surface area (Å²) in [7, 11) is -4.25. The van der Waals surface area contributed by atoms with Gasteiger partial charge in [-0.25, -0.2) is 22.8 Å². The maximum absolute atomic E-state index is 15.9. The Morgan fingerprint density at radius 1 is 1.11 bits per heavy atom. The molecule has 3 aromatic carbocycles. The van der Waals surface area contributed by atoms with Gasteiger partial charge in [-0.2, -0.15) is 0 Å². The number of hydrogen-bond acceptors (Lipinski definition) is 8. The van der Waals surface area contributed by atoms with Crippen LogP contribution in [-0.2, 0) is 26.0 Å². The fraction of sp³-hybridized carbons (Fsp3) is 0.344. The van der Waals surface area contributed by atoms with Crippen LogP contribution in [0.15, 0.2) is 59.6 Å². The normalized spacial score (nSPS) is 17.1. The van der Waals surface area contributed by atoms with Crippen LogP contribution in [0, 0.1) is 11.7 Å². The van der Waals surface area contributed by atoms with Crippen LogP contribution in [0.25, 0.3) is 22.0 Å². The van der Waals surface area contributed by atoms with Gasteiger partial charge in [0, 0.05) is 28.2 Å². The van der Waals surface area contributed by atoms with E-state index < -0.39 is 21.9 Å². The highest BCUT2D eigenvalue weighted by Crippen LogP contribution is 2.41. The first-order chi connectivity index (χ1) is 21.1. The van der Waals surface area contributed by atoms with Gasteiger partial charge in [0.1, 0.15) is 6.10 Å². The lowest BCUT2D eigenvalue weighted by molar-refractivity contribution is -0.153. The molecule has 0 saturated carbocycles. The fourth-order valence-electron chi connectivity index (χ4n) is 5.71. The first-order valence-electron chi connectivity index (χ1n) is 14.7. The van der Waals surface area contributed by atoms with E-state index >= 15 is 4.39 Å². The fourth-order valence-corrected chi connectivity index (χ4v) is 7.38. The highest BCUT2D eigenvalue weighted by atomic mass is 35.5. The van der Waals surface area contributed by atoms with Gasteiger partial charge in [0.25, 0.3) is 10.0 Å². The first-order valence-corrected chi connectivity index (χ1v) is 16.5. The van der Waals surface area contributed by atoms with Crippen molar-refractivity contribution in [3.63, 3.8) is 0 Å². The number of aromatic nitrogens is 2. The number of rotatable bonds is 8. The monoisotopic (exact) mass is 637 g/mol. The molecule has 0 radical (unpaired) electrons. The van der Waals surface area contributed by atoms with Crippen molar-refractivity contribution in [3.05, 3.63) is 76.7 Å². The number of ether oxygens (including phenoxy) is 1. The summed E-state index contributed by atoms with van der Waals surface area (Å²) >= 11 is 6.32. The minimum absolute atomic E-state index is 0.0651. The van der Waals surface area contributed by atoms with E-state index in [4.69, 9.17) is 16.3 Å². The Balaban J connectivity index is 1.26. The number of hydrogen-bond donors (Lipinski definition) is 3. The zero-order valence-electron chi connectivity index (χ0n) is 24.4. The molecule has 0 spiro atoms. The summed E-state index contributed by atoms with van der Waals surface area (Å²) in [5.74, 6) is -0.870. The van der Waals surface area contributed by atoms with Gasteiger partial charge in [0.2, 0.25) is 5.95 Å². The highest BCUT2D eigenvalue weighted by molar-refractivity contribution is 7.92. The van der Waals surface area contributed by atoms with Gasteiger partial charge >= 0.3 is 5.97 Å². The predicted molar refractivity (Wildman–Crippen MR) is 169 cm³/mol. The van der Waals surface area contributed by atoms with Gasteiger partial charge in [-0.05, 0) is 85.8 Å². The number of nitrogens with one attached hydrogen (secondary N) is 3. The van der Waals surface area contributed by atoms with Gasteiger partial charge in [-0.1, -0.05) is 43.6 Å². The molecule has 2 heterocycles. The summed E-state index contributed by atoms with van der Waals surface area (Å²) in [6.45, 7) is 5.36. The van der Waals surface area contributed by atoms with Crippen LogP contribution in [0.4, 0.5) is 16.0 Å². The number of nitrogens with zero attached hydrogens (tertiary/aromatic N) is 2. The Labute approximate surface area is 260 Å². The summed E-state index contributed by atoms with van der Waals surface area (Å²) in [6, 6.07) is 13.2. The smallest absolute Gasteiger partial charge is 0.308 e. The molecule has 0 amide bonds. The lowest BCUT2D eigenvalue weighted by Crippen LogP contribution is -2.35. The summed E-state index contributed by atoms with van der Waals surface area (Å²) in [5, 5.41) is 7.63. The summed E-state index contributed by atoms with van der Waals surface area (Å²) in [4.78, 5) is 21.2. The average molecular weight is 638 g/mol. The molecular weight excluding hydrogens is 605 g/mol. The van der Waals surface area contributed by atoms with E-state index in [1.54, 1.807) is 56.4 Å². The van der Waals surface area contributed by atoms with E-state index in [0.29, 0.717) is 47.0 Å². The zero-order valence-corrected chi connectivity index (χ0v) is 25.9. The molecule has 1 aliphatic carbocycles. The number of benzene rings is 3. The molecular formula is C32H33ClFN5O4S. The van der Waals surface area contributed by atoms with Crippen molar-refractivity contribution in [3.8, 4) is 11.1 Å². The predicted octanol–water partition coefficient (Wildman–Crippen LogP) is 6.24. The van der Waals surface area contributed by atoms with Crippen molar-refractivity contribution < 1.29 is 22.3 Å². The second-order valence-corrected chi connectivity index (χ2v) is 13.6. The number of halogens is 2. The van der Waals surface area contributed by atoms with Crippen molar-refractivity contribution in [2.45, 2.75) is 56.6 Å². The second-order valence-electron chi connectivity index (χ2n) is 11.5. The zero-order chi connectivity index (χ0) is 31.0. The summed E-state index contributed by atoms with van der Waals surface area (Å²) in [6.07, 6.45) is 3.89. The Morgan fingerprint density at radius 2 is 1.91 bits per heavy atom. The van der Waals surface area contributed by atoms with Crippen LogP contribution in [0.1, 0.15) is 50.3 Å². The van der Waals surface area contributed by atoms with E-state index in [9.17, 15) is 13.2 Å². The maximum atomic E-state index is 15.9. The number of sulfonamides is 1. The molecule has 1 aromatic heterocycles. The van der Waals surface area contributed by atoms with E-state index in [0.717, 1.165) is 31.3 Å². The topological polar surface area (TPSA) is 122 Å². The quantitative estimate of drug-likeness (QED) is 0.194. The van der Waals surface area contributed by atoms with Crippen molar-refractivity contribution in [1.82, 2.24) is 15.3 Å². The second kappa shape index (κ2) is 12.3. The number of anilines is 2. The molecule has 1 aliphatic heterocycles. The number of carbonyl (C=O) groups excluding carboxylic acids is 1. The molecule has 0 bridgehead atoms. The molecule has 1 fully saturated rings. The van der Waals surface area contributed by atoms with E-state index in [1.165, 1.54) is 12.1 Å². The largest absolute Gasteiger partial charge is 0.457 e. The Morgan fingerprint density at radius 3 is 2.68 bits per heavy atom. The van der Waals surface area contributed by atoms with Crippen LogP contribution < -0.4 is 15.4 Å². The van der Waals surface area contributed by atoms with E-state index in [1.807, 2.05) is 0 Å². The summed E-state index contributed by atoms with van der Waals surface area (Å²) < 4.78 is 51.2. The first kappa shape index (κ1) is 30.2. The van der Waals surface area contributed by atoms with E-state index in [-0.39, 0.29) is 33.1 Å². The maximum Gasteiger partial charge on any atom is 0.308 e. The third kappa shape index (κ3) is 6.22. The molecule has 0 unspecified atom stereocenters. The minimum Gasteiger partial charge on any atom is -0.457 e. The van der Waals surface area contributed by atoms with Gasteiger partial charge < -0.3 is 15.4 Å². The van der Waals surface area contributed by atoms with E-state index in [2.05, 4.69) is 25.3 Å². The molecule has 12 heteroatoms. The molecule has 6 rings (SSSR count). The SMILES string of the molecule is CC(C)C(=O)O[C@@H]1CCc2c1cc(Cl)cc2S(=O)(=O)Nc1cccc(-c2ccc3nc(NC4CCNCC4)ncc3c2)c1F. The van der Waals surface area contributed by atoms with Crippen molar-refractivity contribution in [1.29, 1.82) is 0 Å². The molecule has 4 aromatic rings. The average Bonchev–Trinajstić information content (AvgIpc) is 3.39. The van der Waals surface area contributed by atoms with Gasteiger partial charge in [0.05, 0.1) is 22.0 Å². The summed E-state index contributed by atoms with van der Waals surface area (Å²) in [5.41, 5.74) is 2.34. The standard InChI is InChI=1S/C32H33ClFN5O4S/c1-18(2)31(40)43-28-9-7-24-25(28)15-21(33)16-29(24)44(41,42)39-27-5-3-4-23(30(27)34)19-6-8-26-20(14-19)17-36-32(38-26)37-22-10-12-35-13-11-22/h3-6,8,14-18,22,28,35,39H,7,9-13H2,1-2H3,(H,36,37,38)/t28-/m1/s1. The van der Waals surface area contributed by atoms with Crippen LogP contribution in [0.3, 0.4) is 0 Å². The van der Waals surface area contributed by atoms with Crippen LogP contribution >= 0.6 is 11.6 Å². The van der Waals surface area contributed by atoms with Crippen LogP contribution in [-0.4, -0.2) is 43.5 Å². The van der Waals surface area contributed by atoms with Crippen molar-refractivity contribution >= 4 is 50.1 Å². The Bertz CT molecular complexity index is 1850. The Hall–Kier alpha value is -3.80. The van der Waals surface area contributed by atoms with Crippen LogP contribution in [0.5, 0.6) is 0 Å². The molecule has 1 saturated heterocycles. The molecule has 44 heavy (non-hydrogen) atoms. The number of piperidine rings is 1. The Kier molecular flexibility index (Phi) is 8.45. The highest BCUT2D eigenvalue weighted by Gasteiger charge is 2.33. The third-order valence-electron chi connectivity index (χ3n) is 8.04. The third-order valence-corrected chi connectivity index (χ3v) is 9.69. The van der Waals surface area contributed by atoms with Crippen molar-refractivity contribution in [2.75, 3.05) is 23.1 Å². The van der Waals surface area contributed by atoms with Gasteiger partial charge in [-0.15, -0.1) is 0 Å². The minimum atomic E-state index is -4.25. The number of carbonyl (C=O) groups is 1. The lowest BCUT2D eigenvalue weighted by atomic mass is 10.0. The number of esters is 1. The molecule has 9 nitrogen and oxygen atoms in total. The molecule has 1 atom stereocenters. The van der Waals surface area contributed by atoms with Crippen LogP contribution in [0.2, 0.25) is 5.02 Å².